The smallest absolute Gasteiger partial charge is 0.407 e. The zero-order valence-electron chi connectivity index (χ0n) is 8.44. The summed E-state index contributed by atoms with van der Waals surface area (Å²) in [6.07, 6.45) is -0.867. The van der Waals surface area contributed by atoms with Crippen molar-refractivity contribution in [3.05, 3.63) is 10.4 Å². The Bertz CT molecular complexity index is 290. The highest BCUT2D eigenvalue weighted by Gasteiger charge is 2.30. The zero-order valence-corrected chi connectivity index (χ0v) is 8.44. The number of hydrogen-bond donors (Lipinski definition) is 2. The van der Waals surface area contributed by atoms with Crippen molar-refractivity contribution in [3.63, 3.8) is 0 Å². The number of hydrogen-bond acceptors (Lipinski definition) is 3. The van der Waals surface area contributed by atoms with Gasteiger partial charge in [-0.2, -0.15) is 0 Å². The fourth-order valence-corrected chi connectivity index (χ4v) is 1.73. The number of rotatable bonds is 1. The third-order valence-corrected chi connectivity index (χ3v) is 2.69. The predicted molar refractivity (Wildman–Crippen MR) is 52.4 cm³/mol. The zero-order chi connectivity index (χ0) is 11.4. The molecule has 1 heterocycles. The van der Waals surface area contributed by atoms with Crippen molar-refractivity contribution in [2.45, 2.75) is 38.0 Å². The first-order valence-corrected chi connectivity index (χ1v) is 4.78. The van der Waals surface area contributed by atoms with E-state index in [9.17, 15) is 9.90 Å². The summed E-state index contributed by atoms with van der Waals surface area (Å²) in [7, 11) is 0. The molecule has 0 aliphatic carbocycles. The summed E-state index contributed by atoms with van der Waals surface area (Å²) in [6.45, 7) is 1.78. The lowest BCUT2D eigenvalue weighted by Crippen LogP contribution is -2.42. The van der Waals surface area contributed by atoms with Crippen LogP contribution in [0.4, 0.5) is 4.79 Å². The van der Waals surface area contributed by atoms with E-state index in [2.05, 4.69) is 10.0 Å². The molecule has 1 saturated heterocycles. The molecule has 0 aromatic heterocycles. The Balaban J connectivity index is 2.77. The third kappa shape index (κ3) is 2.74. The van der Waals surface area contributed by atoms with E-state index in [1.807, 2.05) is 0 Å². The normalized spacial score (nSPS) is 31.6. The molecule has 1 rings (SSSR count). The fraction of sp³-hybridized carbons (Fsp3) is 0.875. The summed E-state index contributed by atoms with van der Waals surface area (Å²) in [6, 6.07) is -0.683. The highest BCUT2D eigenvalue weighted by Crippen LogP contribution is 2.19. The van der Waals surface area contributed by atoms with Crippen molar-refractivity contribution < 1.29 is 15.0 Å². The average Bonchev–Trinajstić information content (AvgIpc) is 2.31. The number of aliphatic hydroxyl groups excluding tert-OH is 1. The van der Waals surface area contributed by atoms with Gasteiger partial charge in [0.1, 0.15) is 0 Å². The van der Waals surface area contributed by atoms with Gasteiger partial charge in [0.05, 0.1) is 18.7 Å². The summed E-state index contributed by atoms with van der Waals surface area (Å²) < 4.78 is 0. The number of azide groups is 1. The van der Waals surface area contributed by atoms with Gasteiger partial charge in [0.15, 0.2) is 0 Å². The van der Waals surface area contributed by atoms with Gasteiger partial charge in [-0.3, -0.25) is 0 Å². The molecule has 1 fully saturated rings. The van der Waals surface area contributed by atoms with Crippen LogP contribution in [0, 0.1) is 0 Å². The van der Waals surface area contributed by atoms with E-state index in [4.69, 9.17) is 10.6 Å². The van der Waals surface area contributed by atoms with Gasteiger partial charge in [-0.1, -0.05) is 5.11 Å². The first-order valence-electron chi connectivity index (χ1n) is 4.78. The molecule has 0 aromatic rings. The van der Waals surface area contributed by atoms with Crippen molar-refractivity contribution >= 4 is 6.09 Å². The standard InChI is InChI=1S/C8H14N4O3/c1-5-2-3-6(10-11-9)7(13)4-12(5)8(14)15/h5-7,13H,2-4H2,1H3,(H,14,15). The van der Waals surface area contributed by atoms with E-state index >= 15 is 0 Å². The molecular weight excluding hydrogens is 200 g/mol. The first-order chi connectivity index (χ1) is 7.06. The summed E-state index contributed by atoms with van der Waals surface area (Å²) >= 11 is 0. The van der Waals surface area contributed by atoms with Crippen LogP contribution < -0.4 is 0 Å². The highest BCUT2D eigenvalue weighted by atomic mass is 16.4. The van der Waals surface area contributed by atoms with Crippen LogP contribution in [-0.2, 0) is 0 Å². The van der Waals surface area contributed by atoms with Crippen LogP contribution in [0.25, 0.3) is 10.4 Å². The van der Waals surface area contributed by atoms with E-state index in [1.54, 1.807) is 6.92 Å². The molecule has 0 radical (unpaired) electrons. The van der Waals surface area contributed by atoms with Crippen molar-refractivity contribution in [2.75, 3.05) is 6.54 Å². The maximum Gasteiger partial charge on any atom is 0.407 e. The van der Waals surface area contributed by atoms with Gasteiger partial charge in [-0.05, 0) is 25.3 Å². The van der Waals surface area contributed by atoms with Gasteiger partial charge in [-0.25, -0.2) is 4.79 Å². The molecule has 7 heteroatoms. The van der Waals surface area contributed by atoms with Gasteiger partial charge >= 0.3 is 6.09 Å². The average molecular weight is 214 g/mol. The molecule has 0 bridgehead atoms. The Morgan fingerprint density at radius 1 is 1.60 bits per heavy atom. The molecule has 7 nitrogen and oxygen atoms in total. The Kier molecular flexibility index (Phi) is 3.76. The molecule has 84 valence electrons. The summed E-state index contributed by atoms with van der Waals surface area (Å²) in [4.78, 5) is 14.7. The lowest BCUT2D eigenvalue weighted by Gasteiger charge is -2.25. The Labute approximate surface area is 86.9 Å². The van der Waals surface area contributed by atoms with Crippen LogP contribution in [0.3, 0.4) is 0 Å². The number of carboxylic acid groups (broad SMARTS) is 1. The maximum atomic E-state index is 10.8. The van der Waals surface area contributed by atoms with Gasteiger partial charge in [0.25, 0.3) is 0 Å². The topological polar surface area (TPSA) is 110 Å². The molecule has 2 N–H and O–H groups in total. The van der Waals surface area contributed by atoms with Crippen LogP contribution in [-0.4, -0.2) is 45.9 Å². The SMILES string of the molecule is CC1CCC(N=[N+]=[N-])C(O)CN1C(=O)O. The van der Waals surface area contributed by atoms with E-state index < -0.39 is 18.2 Å². The summed E-state index contributed by atoms with van der Waals surface area (Å²) in [5.74, 6) is 0. The van der Waals surface area contributed by atoms with E-state index in [0.29, 0.717) is 12.8 Å². The molecule has 0 aromatic carbocycles. The van der Waals surface area contributed by atoms with Gasteiger partial charge in [-0.15, -0.1) is 0 Å². The molecule has 0 saturated carbocycles. The van der Waals surface area contributed by atoms with Crippen LogP contribution in [0.5, 0.6) is 0 Å². The van der Waals surface area contributed by atoms with Crippen LogP contribution >= 0.6 is 0 Å². The van der Waals surface area contributed by atoms with E-state index in [0.717, 1.165) is 0 Å². The number of carbonyl (C=O) groups is 1. The minimum atomic E-state index is -1.05. The van der Waals surface area contributed by atoms with Crippen molar-refractivity contribution in [3.8, 4) is 0 Å². The van der Waals surface area contributed by atoms with Gasteiger partial charge in [0, 0.05) is 11.0 Å². The maximum absolute atomic E-state index is 10.8. The largest absolute Gasteiger partial charge is 0.465 e. The minimum Gasteiger partial charge on any atom is -0.465 e. The molecule has 3 atom stereocenters. The summed E-state index contributed by atoms with van der Waals surface area (Å²) in [5.41, 5.74) is 8.29. The molecule has 3 unspecified atom stereocenters. The van der Waals surface area contributed by atoms with Crippen molar-refractivity contribution in [1.82, 2.24) is 4.90 Å². The molecule has 0 spiro atoms. The second-order valence-electron chi connectivity index (χ2n) is 3.70. The molecule has 1 aliphatic heterocycles. The van der Waals surface area contributed by atoms with Crippen molar-refractivity contribution in [2.24, 2.45) is 5.11 Å². The van der Waals surface area contributed by atoms with Crippen LogP contribution in [0.1, 0.15) is 19.8 Å². The van der Waals surface area contributed by atoms with Gasteiger partial charge < -0.3 is 15.1 Å². The fourth-order valence-electron chi connectivity index (χ4n) is 1.73. The monoisotopic (exact) mass is 214 g/mol. The third-order valence-electron chi connectivity index (χ3n) is 2.69. The van der Waals surface area contributed by atoms with Crippen LogP contribution in [0.15, 0.2) is 5.11 Å². The van der Waals surface area contributed by atoms with Gasteiger partial charge in [0.2, 0.25) is 0 Å². The molecule has 1 amide bonds. The Morgan fingerprint density at radius 2 is 2.27 bits per heavy atom. The number of nitrogens with zero attached hydrogens (tertiary/aromatic N) is 4. The number of amides is 1. The van der Waals surface area contributed by atoms with Crippen molar-refractivity contribution in [1.29, 1.82) is 0 Å². The van der Waals surface area contributed by atoms with Crippen LogP contribution in [0.2, 0.25) is 0 Å². The molecular formula is C8H14N4O3. The second-order valence-corrected chi connectivity index (χ2v) is 3.70. The quantitative estimate of drug-likeness (QED) is 0.388. The minimum absolute atomic E-state index is 0.000185. The first kappa shape index (κ1) is 11.6. The van der Waals surface area contributed by atoms with E-state index in [-0.39, 0.29) is 12.6 Å². The second kappa shape index (κ2) is 4.86. The van der Waals surface area contributed by atoms with E-state index in [1.165, 1.54) is 4.90 Å². The Hall–Kier alpha value is -1.46. The molecule has 1 aliphatic rings. The number of β-amino-alcohol motifs (C(OH)–C–C–N with tert-alkyl or cyclic N) is 1. The lowest BCUT2D eigenvalue weighted by atomic mass is 10.1. The number of likely N-dealkylation sites (tertiary alicyclic amines) is 1. The summed E-state index contributed by atoms with van der Waals surface area (Å²) in [5, 5.41) is 22.0. The lowest BCUT2D eigenvalue weighted by molar-refractivity contribution is 0.0834. The Morgan fingerprint density at radius 3 is 2.80 bits per heavy atom. The number of aliphatic hydroxyl groups is 1. The molecule has 15 heavy (non-hydrogen) atoms. The predicted octanol–water partition coefficient (Wildman–Crippen LogP) is 1.19. The highest BCUT2D eigenvalue weighted by molar-refractivity contribution is 5.65.